The van der Waals surface area contributed by atoms with Crippen LogP contribution < -0.4 is 14.8 Å². The van der Waals surface area contributed by atoms with Gasteiger partial charge in [-0.05, 0) is 37.5 Å². The van der Waals surface area contributed by atoms with Crippen LogP contribution in [-0.2, 0) is 11.3 Å². The molecule has 27 heavy (non-hydrogen) atoms. The first-order chi connectivity index (χ1) is 13.1. The summed E-state index contributed by atoms with van der Waals surface area (Å²) in [5.41, 5.74) is 1.23. The van der Waals surface area contributed by atoms with E-state index in [-0.39, 0.29) is 30.2 Å². The number of nitrogens with zero attached hydrogens (tertiary/aromatic N) is 2. The van der Waals surface area contributed by atoms with Crippen molar-refractivity contribution in [3.63, 3.8) is 0 Å². The lowest BCUT2D eigenvalue weighted by Gasteiger charge is -2.31. The van der Waals surface area contributed by atoms with Gasteiger partial charge in [-0.3, -0.25) is 9.59 Å². The molecule has 0 aliphatic carbocycles. The molecule has 1 aromatic heterocycles. The van der Waals surface area contributed by atoms with Crippen molar-refractivity contribution in [2.75, 3.05) is 19.9 Å². The van der Waals surface area contributed by atoms with Crippen molar-refractivity contribution in [3.8, 4) is 11.5 Å². The monoisotopic (exact) mass is 371 g/mol. The highest BCUT2D eigenvalue weighted by Crippen LogP contribution is 2.32. The van der Waals surface area contributed by atoms with Crippen LogP contribution in [0.25, 0.3) is 0 Å². The fourth-order valence-electron chi connectivity index (χ4n) is 3.39. The topological polar surface area (TPSA) is 93.9 Å². The van der Waals surface area contributed by atoms with Crippen molar-refractivity contribution in [2.45, 2.75) is 26.3 Å². The molecule has 2 aliphatic heterocycles. The minimum atomic E-state index is -0.232. The van der Waals surface area contributed by atoms with E-state index in [1.165, 1.54) is 0 Å². The number of nitrogens with one attached hydrogen (secondary N) is 1. The molecule has 142 valence electrons. The Morgan fingerprint density at radius 2 is 2.11 bits per heavy atom. The summed E-state index contributed by atoms with van der Waals surface area (Å²) < 4.78 is 15.6. The summed E-state index contributed by atoms with van der Waals surface area (Å²) in [5, 5.41) is 6.73. The van der Waals surface area contributed by atoms with E-state index in [2.05, 4.69) is 10.5 Å². The zero-order valence-electron chi connectivity index (χ0n) is 15.1. The van der Waals surface area contributed by atoms with Crippen molar-refractivity contribution in [1.29, 1.82) is 0 Å². The zero-order chi connectivity index (χ0) is 18.8. The Bertz CT molecular complexity index is 863. The smallest absolute Gasteiger partial charge is 0.276 e. The van der Waals surface area contributed by atoms with Crippen molar-refractivity contribution in [3.05, 3.63) is 41.3 Å². The number of carbonyl (C=O) groups excluding carboxylic acids is 2. The van der Waals surface area contributed by atoms with E-state index in [0.29, 0.717) is 31.1 Å². The number of hydrogen-bond acceptors (Lipinski definition) is 6. The van der Waals surface area contributed by atoms with Crippen LogP contribution >= 0.6 is 0 Å². The fraction of sp³-hybridized carbons (Fsp3) is 0.421. The predicted octanol–water partition coefficient (Wildman–Crippen LogP) is 1.88. The largest absolute Gasteiger partial charge is 0.454 e. The molecule has 0 saturated carbocycles. The highest BCUT2D eigenvalue weighted by Gasteiger charge is 2.30. The SMILES string of the molecule is Cc1cc(C(=O)N2CCC[C@H](C(=O)NCc3ccc4c(c3)OCO4)C2)no1. The van der Waals surface area contributed by atoms with Gasteiger partial charge in [-0.1, -0.05) is 11.2 Å². The molecule has 1 saturated heterocycles. The Kier molecular flexibility index (Phi) is 4.70. The fourth-order valence-corrected chi connectivity index (χ4v) is 3.39. The average molecular weight is 371 g/mol. The van der Waals surface area contributed by atoms with E-state index in [9.17, 15) is 9.59 Å². The summed E-state index contributed by atoms with van der Waals surface area (Å²) in [7, 11) is 0. The van der Waals surface area contributed by atoms with E-state index >= 15 is 0 Å². The Hall–Kier alpha value is -3.03. The standard InChI is InChI=1S/C19H21N3O5/c1-12-7-15(21-27-12)19(24)22-6-2-3-14(10-22)18(23)20-9-13-4-5-16-17(8-13)26-11-25-16/h4-5,7-8,14H,2-3,6,9-11H2,1H3,(H,20,23)/t14-/m0/s1. The molecule has 3 heterocycles. The third-order valence-corrected chi connectivity index (χ3v) is 4.83. The van der Waals surface area contributed by atoms with E-state index in [4.69, 9.17) is 14.0 Å². The van der Waals surface area contributed by atoms with Gasteiger partial charge in [0.05, 0.1) is 5.92 Å². The summed E-state index contributed by atoms with van der Waals surface area (Å²) in [4.78, 5) is 26.8. The molecule has 1 N–H and O–H groups in total. The number of carbonyl (C=O) groups is 2. The lowest BCUT2D eigenvalue weighted by atomic mass is 9.96. The molecule has 0 radical (unpaired) electrons. The van der Waals surface area contributed by atoms with Crippen LogP contribution in [0.4, 0.5) is 0 Å². The minimum absolute atomic E-state index is 0.0542. The van der Waals surface area contributed by atoms with Crippen LogP contribution in [0.5, 0.6) is 11.5 Å². The van der Waals surface area contributed by atoms with Crippen molar-refractivity contribution in [1.82, 2.24) is 15.4 Å². The van der Waals surface area contributed by atoms with Gasteiger partial charge in [0.2, 0.25) is 12.7 Å². The summed E-state index contributed by atoms with van der Waals surface area (Å²) >= 11 is 0. The van der Waals surface area contributed by atoms with Crippen molar-refractivity contribution >= 4 is 11.8 Å². The van der Waals surface area contributed by atoms with E-state index in [0.717, 1.165) is 24.2 Å². The molecule has 2 aromatic rings. The number of rotatable bonds is 4. The van der Waals surface area contributed by atoms with Gasteiger partial charge in [0.25, 0.3) is 5.91 Å². The quantitative estimate of drug-likeness (QED) is 0.882. The Morgan fingerprint density at radius 3 is 2.93 bits per heavy atom. The number of likely N-dealkylation sites (tertiary alicyclic amines) is 1. The molecule has 8 heteroatoms. The number of piperidine rings is 1. The molecule has 1 fully saturated rings. The summed E-state index contributed by atoms with van der Waals surface area (Å²) in [6.45, 7) is 3.38. The van der Waals surface area contributed by atoms with E-state index in [1.54, 1.807) is 17.9 Å². The Labute approximate surface area is 156 Å². The maximum atomic E-state index is 12.6. The van der Waals surface area contributed by atoms with Gasteiger partial charge in [-0.2, -0.15) is 0 Å². The predicted molar refractivity (Wildman–Crippen MR) is 94.3 cm³/mol. The first-order valence-electron chi connectivity index (χ1n) is 8.99. The van der Waals surface area contributed by atoms with Crippen LogP contribution in [0.15, 0.2) is 28.8 Å². The van der Waals surface area contributed by atoms with Crippen LogP contribution in [-0.4, -0.2) is 41.8 Å². The lowest BCUT2D eigenvalue weighted by molar-refractivity contribution is -0.126. The third kappa shape index (κ3) is 3.74. The van der Waals surface area contributed by atoms with Gasteiger partial charge in [0, 0.05) is 25.7 Å². The second kappa shape index (κ2) is 7.30. The molecule has 2 amide bonds. The number of aromatic nitrogens is 1. The number of aryl methyl sites for hydroxylation is 1. The van der Waals surface area contributed by atoms with Gasteiger partial charge in [-0.15, -0.1) is 0 Å². The van der Waals surface area contributed by atoms with E-state index < -0.39 is 0 Å². The van der Waals surface area contributed by atoms with Gasteiger partial charge >= 0.3 is 0 Å². The second-order valence-corrected chi connectivity index (χ2v) is 6.82. The highest BCUT2D eigenvalue weighted by atomic mass is 16.7. The maximum Gasteiger partial charge on any atom is 0.276 e. The lowest BCUT2D eigenvalue weighted by Crippen LogP contribution is -2.45. The van der Waals surface area contributed by atoms with E-state index in [1.807, 2.05) is 18.2 Å². The molecule has 2 aliphatic rings. The molecule has 4 rings (SSSR count). The third-order valence-electron chi connectivity index (χ3n) is 4.83. The summed E-state index contributed by atoms with van der Waals surface area (Å²) in [6.07, 6.45) is 1.54. The number of hydrogen-bond donors (Lipinski definition) is 1. The number of ether oxygens (including phenoxy) is 2. The minimum Gasteiger partial charge on any atom is -0.454 e. The highest BCUT2D eigenvalue weighted by molar-refractivity contribution is 5.92. The van der Waals surface area contributed by atoms with Crippen LogP contribution in [0, 0.1) is 12.8 Å². The first kappa shape index (κ1) is 17.4. The van der Waals surface area contributed by atoms with Crippen molar-refractivity contribution < 1.29 is 23.6 Å². The Balaban J connectivity index is 1.34. The molecular weight excluding hydrogens is 350 g/mol. The summed E-state index contributed by atoms with van der Waals surface area (Å²) in [5.74, 6) is 1.52. The van der Waals surface area contributed by atoms with Gasteiger partial charge in [0.15, 0.2) is 17.2 Å². The van der Waals surface area contributed by atoms with Gasteiger partial charge in [-0.25, -0.2) is 0 Å². The van der Waals surface area contributed by atoms with Gasteiger partial charge < -0.3 is 24.2 Å². The van der Waals surface area contributed by atoms with Crippen molar-refractivity contribution in [2.24, 2.45) is 5.92 Å². The average Bonchev–Trinajstić information content (AvgIpc) is 3.34. The molecule has 8 nitrogen and oxygen atoms in total. The zero-order valence-corrected chi connectivity index (χ0v) is 15.1. The van der Waals surface area contributed by atoms with Crippen LogP contribution in [0.1, 0.15) is 34.7 Å². The summed E-state index contributed by atoms with van der Waals surface area (Å²) in [6, 6.07) is 7.22. The molecule has 1 atom stereocenters. The molecule has 1 aromatic carbocycles. The second-order valence-electron chi connectivity index (χ2n) is 6.82. The number of amides is 2. The maximum absolute atomic E-state index is 12.6. The normalized spacial score (nSPS) is 18.4. The molecule has 0 bridgehead atoms. The number of fused-ring (bicyclic) bond motifs is 1. The number of benzene rings is 1. The molecular formula is C19H21N3O5. The van der Waals surface area contributed by atoms with Crippen LogP contribution in [0.2, 0.25) is 0 Å². The Morgan fingerprint density at radius 1 is 1.26 bits per heavy atom. The van der Waals surface area contributed by atoms with Crippen LogP contribution in [0.3, 0.4) is 0 Å². The molecule has 0 spiro atoms. The first-order valence-corrected chi connectivity index (χ1v) is 8.99. The van der Waals surface area contributed by atoms with Gasteiger partial charge in [0.1, 0.15) is 5.76 Å². The molecule has 0 unspecified atom stereocenters.